The van der Waals surface area contributed by atoms with Crippen molar-refractivity contribution in [2.75, 3.05) is 26.2 Å². The lowest BCUT2D eigenvalue weighted by atomic mass is 10.0. The normalized spacial score (nSPS) is 17.0. The molecule has 0 aliphatic carbocycles. The molecular formula is C20H30ClNO5. The Bertz CT molecular complexity index is 600. The number of nitrogens with zero attached hydrogens (tertiary/aromatic N) is 1. The molecule has 2 N–H and O–H groups in total. The number of aryl methyl sites for hydroxylation is 2. The molecule has 0 amide bonds. The first-order valence-corrected chi connectivity index (χ1v) is 9.66. The molecule has 0 saturated carbocycles. The van der Waals surface area contributed by atoms with Crippen molar-refractivity contribution in [1.82, 2.24) is 4.90 Å². The maximum absolute atomic E-state index is 9.10. The average Bonchev–Trinajstić information content (AvgIpc) is 2.57. The van der Waals surface area contributed by atoms with E-state index in [0.717, 1.165) is 40.8 Å². The highest BCUT2D eigenvalue weighted by atomic mass is 35.5. The van der Waals surface area contributed by atoms with Gasteiger partial charge < -0.3 is 19.8 Å². The standard InChI is InChI=1S/C18H28ClNO.C2H2O4/c1-14-7-6-9-20(13-14)8-4-5-10-21-18-15(2)11-17(19)12-16(18)3;3-1(4)2(5)6/h11-12,14H,4-10,13H2,1-3H3;(H,3,4)(H,5,6). The van der Waals surface area contributed by atoms with Crippen LogP contribution < -0.4 is 4.74 Å². The fourth-order valence-corrected chi connectivity index (χ4v) is 3.55. The molecule has 1 fully saturated rings. The summed E-state index contributed by atoms with van der Waals surface area (Å²) in [6.45, 7) is 11.0. The topological polar surface area (TPSA) is 87.1 Å². The summed E-state index contributed by atoms with van der Waals surface area (Å²) < 4.78 is 5.96. The van der Waals surface area contributed by atoms with Crippen LogP contribution in [-0.2, 0) is 9.59 Å². The first-order valence-electron chi connectivity index (χ1n) is 9.28. The van der Waals surface area contributed by atoms with Gasteiger partial charge in [-0.1, -0.05) is 18.5 Å². The minimum Gasteiger partial charge on any atom is -0.493 e. The van der Waals surface area contributed by atoms with Gasteiger partial charge in [-0.2, -0.15) is 0 Å². The van der Waals surface area contributed by atoms with Crippen molar-refractivity contribution in [3.8, 4) is 5.75 Å². The van der Waals surface area contributed by atoms with E-state index >= 15 is 0 Å². The van der Waals surface area contributed by atoms with Gasteiger partial charge in [-0.05, 0) is 81.8 Å². The monoisotopic (exact) mass is 399 g/mol. The number of hydrogen-bond donors (Lipinski definition) is 2. The van der Waals surface area contributed by atoms with Crippen molar-refractivity contribution >= 4 is 23.5 Å². The van der Waals surface area contributed by atoms with Crippen LogP contribution in [0.15, 0.2) is 12.1 Å². The van der Waals surface area contributed by atoms with Gasteiger partial charge in [-0.25, -0.2) is 9.59 Å². The molecular weight excluding hydrogens is 370 g/mol. The number of likely N-dealkylation sites (tertiary alicyclic amines) is 1. The number of rotatable bonds is 6. The van der Waals surface area contributed by atoms with Crippen LogP contribution in [0.1, 0.15) is 43.7 Å². The van der Waals surface area contributed by atoms with E-state index < -0.39 is 11.9 Å². The van der Waals surface area contributed by atoms with Crippen LogP contribution in [0.25, 0.3) is 0 Å². The van der Waals surface area contributed by atoms with Crippen LogP contribution >= 0.6 is 11.6 Å². The molecule has 152 valence electrons. The second kappa shape index (κ2) is 11.8. The van der Waals surface area contributed by atoms with Gasteiger partial charge in [0.15, 0.2) is 0 Å². The Kier molecular flexibility index (Phi) is 10.2. The number of carboxylic acid groups (broad SMARTS) is 2. The van der Waals surface area contributed by atoms with Crippen LogP contribution in [0, 0.1) is 19.8 Å². The molecule has 0 radical (unpaired) electrons. The lowest BCUT2D eigenvalue weighted by Crippen LogP contribution is -2.35. The third kappa shape index (κ3) is 9.11. The summed E-state index contributed by atoms with van der Waals surface area (Å²) in [4.78, 5) is 20.8. The predicted molar refractivity (Wildman–Crippen MR) is 106 cm³/mol. The molecule has 1 aliphatic heterocycles. The van der Waals surface area contributed by atoms with Gasteiger partial charge in [-0.15, -0.1) is 0 Å². The SMILES string of the molecule is Cc1cc(Cl)cc(C)c1OCCCCN1CCCC(C)C1.O=C(O)C(=O)O. The molecule has 1 aromatic rings. The molecule has 1 aliphatic rings. The Hall–Kier alpha value is -1.79. The number of carboxylic acids is 2. The maximum atomic E-state index is 9.10. The van der Waals surface area contributed by atoms with E-state index in [0.29, 0.717) is 0 Å². The van der Waals surface area contributed by atoms with E-state index in [4.69, 9.17) is 36.1 Å². The Labute approximate surface area is 166 Å². The van der Waals surface area contributed by atoms with E-state index in [2.05, 4.69) is 25.7 Å². The Morgan fingerprint density at radius 1 is 1.19 bits per heavy atom. The smallest absolute Gasteiger partial charge is 0.414 e. The number of unbranched alkanes of at least 4 members (excludes halogenated alkanes) is 1. The number of aliphatic carboxylic acids is 2. The van der Waals surface area contributed by atoms with Gasteiger partial charge in [0, 0.05) is 11.6 Å². The predicted octanol–water partition coefficient (Wildman–Crippen LogP) is 4.00. The summed E-state index contributed by atoms with van der Waals surface area (Å²) in [6.07, 6.45) is 5.10. The zero-order valence-electron chi connectivity index (χ0n) is 16.3. The van der Waals surface area contributed by atoms with E-state index in [1.54, 1.807) is 0 Å². The van der Waals surface area contributed by atoms with Gasteiger partial charge in [0.1, 0.15) is 5.75 Å². The van der Waals surface area contributed by atoms with Crippen LogP contribution in [0.3, 0.4) is 0 Å². The van der Waals surface area contributed by atoms with Crippen LogP contribution in [0.5, 0.6) is 5.75 Å². The number of benzene rings is 1. The highest BCUT2D eigenvalue weighted by Crippen LogP contribution is 2.27. The van der Waals surface area contributed by atoms with Gasteiger partial charge in [0.25, 0.3) is 0 Å². The fraction of sp³-hybridized carbons (Fsp3) is 0.600. The maximum Gasteiger partial charge on any atom is 0.414 e. The fourth-order valence-electron chi connectivity index (χ4n) is 3.23. The lowest BCUT2D eigenvalue weighted by molar-refractivity contribution is -0.159. The second-order valence-electron chi connectivity index (χ2n) is 7.08. The first kappa shape index (κ1) is 23.2. The summed E-state index contributed by atoms with van der Waals surface area (Å²) in [5.41, 5.74) is 2.26. The van der Waals surface area contributed by atoms with E-state index in [1.807, 2.05) is 12.1 Å². The molecule has 0 aromatic heterocycles. The third-order valence-corrected chi connectivity index (χ3v) is 4.68. The number of piperidine rings is 1. The Balaban J connectivity index is 0.000000527. The zero-order chi connectivity index (χ0) is 20.4. The van der Waals surface area contributed by atoms with Crippen LogP contribution in [0.4, 0.5) is 0 Å². The molecule has 6 nitrogen and oxygen atoms in total. The summed E-state index contributed by atoms with van der Waals surface area (Å²) in [6, 6.07) is 3.94. The van der Waals surface area contributed by atoms with Crippen molar-refractivity contribution in [2.24, 2.45) is 5.92 Å². The van der Waals surface area contributed by atoms with Gasteiger partial charge in [-0.3, -0.25) is 0 Å². The van der Waals surface area contributed by atoms with Crippen molar-refractivity contribution < 1.29 is 24.5 Å². The highest BCUT2D eigenvalue weighted by Gasteiger charge is 2.15. The molecule has 1 heterocycles. The zero-order valence-corrected chi connectivity index (χ0v) is 17.1. The molecule has 0 spiro atoms. The van der Waals surface area contributed by atoms with Crippen LogP contribution in [-0.4, -0.2) is 53.3 Å². The van der Waals surface area contributed by atoms with Crippen molar-refractivity contribution in [2.45, 2.75) is 46.5 Å². The Morgan fingerprint density at radius 2 is 1.78 bits per heavy atom. The van der Waals surface area contributed by atoms with Gasteiger partial charge in [0.2, 0.25) is 0 Å². The number of halogens is 1. The Morgan fingerprint density at radius 3 is 2.30 bits per heavy atom. The molecule has 1 saturated heterocycles. The minimum atomic E-state index is -1.82. The highest BCUT2D eigenvalue weighted by molar-refractivity contribution is 6.30. The first-order chi connectivity index (χ1) is 12.7. The molecule has 2 rings (SSSR count). The van der Waals surface area contributed by atoms with Gasteiger partial charge >= 0.3 is 11.9 Å². The summed E-state index contributed by atoms with van der Waals surface area (Å²) >= 11 is 6.04. The second-order valence-corrected chi connectivity index (χ2v) is 7.52. The number of carbonyl (C=O) groups is 2. The average molecular weight is 400 g/mol. The van der Waals surface area contributed by atoms with Crippen molar-refractivity contribution in [3.05, 3.63) is 28.3 Å². The third-order valence-electron chi connectivity index (χ3n) is 4.46. The lowest BCUT2D eigenvalue weighted by Gasteiger charge is -2.30. The van der Waals surface area contributed by atoms with Crippen molar-refractivity contribution in [1.29, 1.82) is 0 Å². The summed E-state index contributed by atoms with van der Waals surface area (Å²) in [5.74, 6) is -1.77. The quantitative estimate of drug-likeness (QED) is 0.555. The van der Waals surface area contributed by atoms with E-state index in [1.165, 1.54) is 38.9 Å². The minimum absolute atomic E-state index is 0.788. The summed E-state index contributed by atoms with van der Waals surface area (Å²) in [7, 11) is 0. The molecule has 0 bridgehead atoms. The molecule has 1 atom stereocenters. The molecule has 7 heteroatoms. The van der Waals surface area contributed by atoms with E-state index in [-0.39, 0.29) is 0 Å². The van der Waals surface area contributed by atoms with E-state index in [9.17, 15) is 0 Å². The van der Waals surface area contributed by atoms with Gasteiger partial charge in [0.05, 0.1) is 6.61 Å². The largest absolute Gasteiger partial charge is 0.493 e. The number of hydrogen-bond acceptors (Lipinski definition) is 4. The molecule has 27 heavy (non-hydrogen) atoms. The van der Waals surface area contributed by atoms with Crippen LogP contribution in [0.2, 0.25) is 5.02 Å². The number of ether oxygens (including phenoxy) is 1. The molecule has 1 aromatic carbocycles. The molecule has 1 unspecified atom stereocenters. The summed E-state index contributed by atoms with van der Waals surface area (Å²) in [5, 5.41) is 15.6. The van der Waals surface area contributed by atoms with Crippen molar-refractivity contribution in [3.63, 3.8) is 0 Å².